The maximum absolute atomic E-state index is 2.86. The van der Waals surface area contributed by atoms with E-state index in [0.717, 1.165) is 0 Å². The van der Waals surface area contributed by atoms with Gasteiger partial charge in [0, 0.05) is 12.4 Å². The monoisotopic (exact) mass is 78.1 g/mol. The first kappa shape index (κ1) is 5.45. The zero-order valence-corrected chi connectivity index (χ0v) is 3.52. The minimum atomic E-state index is 0. The summed E-state index contributed by atoms with van der Waals surface area (Å²) in [6, 6.07) is 3.89. The third-order valence-corrected chi connectivity index (χ3v) is 0.496. The quantitative estimate of drug-likeness (QED) is 0.443. The summed E-state index contributed by atoms with van der Waals surface area (Å²) < 4.78 is 0. The van der Waals surface area contributed by atoms with Crippen LogP contribution in [0.2, 0.25) is 0 Å². The van der Waals surface area contributed by atoms with E-state index >= 15 is 0 Å². The fourth-order valence-electron chi connectivity index (χ4n) is 0.278. The molecule has 0 aliphatic rings. The summed E-state index contributed by atoms with van der Waals surface area (Å²) in [5.41, 5.74) is 0. The van der Waals surface area contributed by atoms with Crippen molar-refractivity contribution < 1.29 is 2.85 Å². The molecule has 0 saturated heterocycles. The molecule has 0 fully saturated rings. The van der Waals surface area contributed by atoms with Gasteiger partial charge < -0.3 is 7.84 Å². The minimum Gasteiger partial charge on any atom is -1.00 e. The Morgan fingerprint density at radius 1 is 1.17 bits per heavy atom. The summed E-state index contributed by atoms with van der Waals surface area (Å²) in [6.07, 6.45) is 3.75. The van der Waals surface area contributed by atoms with E-state index < -0.39 is 0 Å². The average Bonchev–Trinajstić information content (AvgIpc) is 1.76. The first-order valence-electron chi connectivity index (χ1n) is 1.58. The van der Waals surface area contributed by atoms with Crippen LogP contribution in [0, 0.1) is 0 Å². The fraction of sp³-hybridized carbons (Fsp3) is 0. The van der Waals surface area contributed by atoms with Gasteiger partial charge in [0.1, 0.15) is 0 Å². The maximum atomic E-state index is 2.86. The molecule has 0 spiro atoms. The number of rotatable bonds is 0. The molecule has 1 aromatic heterocycles. The zero-order valence-electron chi connectivity index (χ0n) is 5.52. The molecule has 0 radical (unpaired) electrons. The molecule has 1 nitrogen and oxygen atoms in total. The van der Waals surface area contributed by atoms with Gasteiger partial charge in [0.15, 0.2) is 0 Å². The van der Waals surface area contributed by atoms with Gasteiger partial charge in [0.05, 0.1) is 0 Å². The van der Waals surface area contributed by atoms with Crippen LogP contribution in [-0.4, -0.2) is 15.1 Å². The van der Waals surface area contributed by atoms with Crippen molar-refractivity contribution in [2.24, 2.45) is 0 Å². The van der Waals surface area contributed by atoms with E-state index in [1.54, 1.807) is 0 Å². The largest absolute Gasteiger partial charge is 2.00 e. The van der Waals surface area contributed by atoms with E-state index in [0.29, 0.717) is 0 Å². The second-order valence-electron chi connectivity index (χ2n) is 0.885. The van der Waals surface area contributed by atoms with Crippen molar-refractivity contribution in [3.05, 3.63) is 24.5 Å². The van der Waals surface area contributed by atoms with Crippen LogP contribution in [0.15, 0.2) is 24.5 Å². The number of hydrogen-bond acceptors (Lipinski definition) is 0. The summed E-state index contributed by atoms with van der Waals surface area (Å²) in [7, 11) is 0. The Morgan fingerprint density at radius 2 is 1.67 bits per heavy atom. The van der Waals surface area contributed by atoms with Gasteiger partial charge in [-0.05, 0) is 12.1 Å². The average molecular weight is 78.1 g/mol. The molecule has 1 rings (SSSR count). The summed E-state index contributed by atoms with van der Waals surface area (Å²) in [6.45, 7) is 0. The van der Waals surface area contributed by atoms with Crippen LogP contribution in [0.5, 0.6) is 0 Å². The van der Waals surface area contributed by atoms with Crippen molar-refractivity contribution >= 4 is 10.1 Å². The standard InChI is InChI=1S/C4H5N.Be.2H/c1-2-4-5-3-1;;;/h1-5H;;;/q;+2;2*-1. The van der Waals surface area contributed by atoms with Crippen molar-refractivity contribution in [3.63, 3.8) is 0 Å². The van der Waals surface area contributed by atoms with Gasteiger partial charge in [0.25, 0.3) is 0 Å². The van der Waals surface area contributed by atoms with Crippen LogP contribution in [0.25, 0.3) is 0 Å². The molecule has 0 aliphatic heterocycles. The van der Waals surface area contributed by atoms with Crippen molar-refractivity contribution in [3.8, 4) is 0 Å². The van der Waals surface area contributed by atoms with Crippen LogP contribution in [0.4, 0.5) is 0 Å². The van der Waals surface area contributed by atoms with Crippen molar-refractivity contribution in [1.29, 1.82) is 0 Å². The molecule has 2 heteroatoms. The van der Waals surface area contributed by atoms with Crippen LogP contribution < -0.4 is 0 Å². The van der Waals surface area contributed by atoms with E-state index in [2.05, 4.69) is 4.98 Å². The Labute approximate surface area is 43.6 Å². The molecule has 1 aromatic rings. The van der Waals surface area contributed by atoms with Gasteiger partial charge in [-0.25, -0.2) is 0 Å². The second-order valence-corrected chi connectivity index (χ2v) is 0.885. The molecule has 6 heavy (non-hydrogen) atoms. The number of aromatic amines is 1. The molecule has 0 saturated carbocycles. The number of aromatic nitrogens is 1. The normalized spacial score (nSPS) is 6.67. The van der Waals surface area contributed by atoms with Crippen molar-refractivity contribution in [2.75, 3.05) is 0 Å². The predicted octanol–water partition coefficient (Wildman–Crippen LogP) is 0.859. The molecular formula is C4H7BeN. The Kier molecular flexibility index (Phi) is 2.43. The molecule has 30 valence electrons. The minimum absolute atomic E-state index is 0. The van der Waals surface area contributed by atoms with Crippen LogP contribution in [0.3, 0.4) is 0 Å². The SMILES string of the molecule is [Be+2].[H-].[H-].c1cc[nH]c1. The molecule has 1 heterocycles. The molecule has 1 N–H and O–H groups in total. The summed E-state index contributed by atoms with van der Waals surface area (Å²) in [5.74, 6) is 0. The van der Waals surface area contributed by atoms with Gasteiger partial charge in [-0.2, -0.15) is 0 Å². The molecule has 0 amide bonds. The van der Waals surface area contributed by atoms with E-state index in [1.807, 2.05) is 24.5 Å². The summed E-state index contributed by atoms with van der Waals surface area (Å²) in [4.78, 5) is 2.86. The topological polar surface area (TPSA) is 15.8 Å². The van der Waals surface area contributed by atoms with Crippen LogP contribution >= 0.6 is 0 Å². The van der Waals surface area contributed by atoms with Crippen molar-refractivity contribution in [1.82, 2.24) is 4.98 Å². The maximum Gasteiger partial charge on any atom is 2.00 e. The first-order valence-corrected chi connectivity index (χ1v) is 1.58. The third-order valence-electron chi connectivity index (χ3n) is 0.496. The zero-order chi connectivity index (χ0) is 3.54. The Bertz CT molecular complexity index is 70.5. The van der Waals surface area contributed by atoms with Gasteiger partial charge in [0.2, 0.25) is 0 Å². The molecular weight excluding hydrogens is 71.1 g/mol. The predicted molar refractivity (Wildman–Crippen MR) is 28.8 cm³/mol. The Balaban J connectivity index is -0.0000000833. The van der Waals surface area contributed by atoms with Gasteiger partial charge >= 0.3 is 10.1 Å². The second kappa shape index (κ2) is 2.67. The molecule has 0 bridgehead atoms. The molecule has 0 unspecified atom stereocenters. The van der Waals surface area contributed by atoms with E-state index in [9.17, 15) is 0 Å². The molecule has 0 aliphatic carbocycles. The third kappa shape index (κ3) is 1.04. The molecule has 0 atom stereocenters. The van der Waals surface area contributed by atoms with Gasteiger partial charge in [-0.15, -0.1) is 0 Å². The number of nitrogens with one attached hydrogen (secondary N) is 1. The smallest absolute Gasteiger partial charge is 1.00 e. The van der Waals surface area contributed by atoms with Crippen molar-refractivity contribution in [2.45, 2.75) is 0 Å². The molecule has 0 aromatic carbocycles. The Morgan fingerprint density at radius 3 is 1.83 bits per heavy atom. The Hall–Kier alpha value is -0.551. The summed E-state index contributed by atoms with van der Waals surface area (Å²) in [5, 5.41) is 0. The van der Waals surface area contributed by atoms with Crippen LogP contribution in [0.1, 0.15) is 2.85 Å². The van der Waals surface area contributed by atoms with Crippen LogP contribution in [-0.2, 0) is 0 Å². The fourth-order valence-corrected chi connectivity index (χ4v) is 0.278. The summed E-state index contributed by atoms with van der Waals surface area (Å²) >= 11 is 0. The number of H-pyrrole nitrogens is 1. The number of hydrogen-bond donors (Lipinski definition) is 1. The van der Waals surface area contributed by atoms with E-state index in [-0.39, 0.29) is 13.0 Å². The first-order chi connectivity index (χ1) is 2.50. The van der Waals surface area contributed by atoms with Gasteiger partial charge in [-0.3, -0.25) is 0 Å². The van der Waals surface area contributed by atoms with E-state index in [1.165, 1.54) is 0 Å². The van der Waals surface area contributed by atoms with E-state index in [4.69, 9.17) is 0 Å². The van der Waals surface area contributed by atoms with Gasteiger partial charge in [-0.1, -0.05) is 0 Å².